The van der Waals surface area contributed by atoms with E-state index in [1.807, 2.05) is 0 Å². The molecule has 0 aromatic carbocycles. The zero-order valence-electron chi connectivity index (χ0n) is 43.7. The van der Waals surface area contributed by atoms with E-state index < -0.39 is 0 Å². The molecule has 0 aromatic rings. The van der Waals surface area contributed by atoms with Gasteiger partial charge in [-0.25, -0.2) is 19.2 Å². The first-order valence-electron chi connectivity index (χ1n) is 26.1. The Bertz CT molecular complexity index is 1160. The number of hydrogen-bond donors (Lipinski definition) is 1. The van der Waals surface area contributed by atoms with Crippen LogP contribution < -0.4 is 0 Å². The lowest BCUT2D eigenvalue weighted by atomic mass is 10.0. The molecular formula is C56H104O9. The summed E-state index contributed by atoms with van der Waals surface area (Å²) in [6, 6.07) is 0. The lowest BCUT2D eigenvalue weighted by Crippen LogP contribution is -2.06. The van der Waals surface area contributed by atoms with E-state index in [0.29, 0.717) is 61.6 Å². The summed E-state index contributed by atoms with van der Waals surface area (Å²) < 4.78 is 19.8. The van der Waals surface area contributed by atoms with Gasteiger partial charge in [-0.05, 0) is 59.8 Å². The fourth-order valence-electron chi connectivity index (χ4n) is 6.13. The number of esters is 4. The van der Waals surface area contributed by atoms with E-state index in [1.54, 1.807) is 27.7 Å². The molecule has 9 heteroatoms. The van der Waals surface area contributed by atoms with Crippen LogP contribution in [0.5, 0.6) is 0 Å². The highest BCUT2D eigenvalue weighted by atomic mass is 16.5. The van der Waals surface area contributed by atoms with Crippen LogP contribution >= 0.6 is 0 Å². The fraction of sp³-hybridized carbons (Fsp3) is 0.786. The van der Waals surface area contributed by atoms with Gasteiger partial charge in [0.15, 0.2) is 0 Å². The summed E-state index contributed by atoms with van der Waals surface area (Å²) in [5.74, 6) is -1.14. The molecule has 0 atom stereocenters. The van der Waals surface area contributed by atoms with Gasteiger partial charge in [0.25, 0.3) is 0 Å². The van der Waals surface area contributed by atoms with E-state index in [-0.39, 0.29) is 30.5 Å². The average molecular weight is 921 g/mol. The van der Waals surface area contributed by atoms with E-state index in [2.05, 4.69) is 47.1 Å². The van der Waals surface area contributed by atoms with Crippen molar-refractivity contribution in [1.82, 2.24) is 0 Å². The number of unbranched alkanes of at least 4 members (excludes halogenated alkanes) is 28. The molecule has 0 aliphatic rings. The zero-order chi connectivity index (χ0) is 49.6. The van der Waals surface area contributed by atoms with Crippen molar-refractivity contribution in [2.75, 3.05) is 33.0 Å². The Morgan fingerprint density at radius 1 is 0.292 bits per heavy atom. The van der Waals surface area contributed by atoms with Crippen LogP contribution in [0.15, 0.2) is 48.6 Å². The zero-order valence-corrected chi connectivity index (χ0v) is 43.7. The molecule has 0 fully saturated rings. The van der Waals surface area contributed by atoms with Crippen LogP contribution in [0.2, 0.25) is 0 Å². The minimum atomic E-state index is -0.358. The van der Waals surface area contributed by atoms with Gasteiger partial charge >= 0.3 is 23.9 Å². The van der Waals surface area contributed by atoms with Crippen LogP contribution in [0.3, 0.4) is 0 Å². The second-order valence-corrected chi connectivity index (χ2v) is 17.6. The third-order valence-electron chi connectivity index (χ3n) is 10.4. The number of ether oxygens (including phenoxy) is 4. The van der Waals surface area contributed by atoms with Crippen LogP contribution in [-0.4, -0.2) is 62.0 Å². The normalized spacial score (nSPS) is 10.2. The molecule has 0 spiro atoms. The minimum absolute atomic E-state index is 0.143. The monoisotopic (exact) mass is 921 g/mol. The van der Waals surface area contributed by atoms with Crippen LogP contribution in [0.1, 0.15) is 254 Å². The maximum Gasteiger partial charge on any atom is 0.333 e. The average Bonchev–Trinajstić information content (AvgIpc) is 3.28. The van der Waals surface area contributed by atoms with Gasteiger partial charge in [0.05, 0.1) is 26.4 Å². The summed E-state index contributed by atoms with van der Waals surface area (Å²) in [5, 5.41) is 8.38. The summed E-state index contributed by atoms with van der Waals surface area (Å²) in [6.07, 6.45) is 40.3. The molecule has 9 nitrogen and oxygen atoms in total. The van der Waals surface area contributed by atoms with E-state index in [1.165, 1.54) is 161 Å². The topological polar surface area (TPSA) is 125 Å². The predicted octanol–water partition coefficient (Wildman–Crippen LogP) is 16.0. The molecule has 0 aliphatic carbocycles. The molecule has 0 saturated carbocycles. The van der Waals surface area contributed by atoms with Crippen molar-refractivity contribution in [3.63, 3.8) is 0 Å². The Kier molecular flexibility index (Phi) is 59.9. The van der Waals surface area contributed by atoms with Gasteiger partial charge in [0.2, 0.25) is 0 Å². The molecule has 0 rings (SSSR count). The first-order valence-corrected chi connectivity index (χ1v) is 26.1. The smallest absolute Gasteiger partial charge is 0.333 e. The molecule has 0 bridgehead atoms. The first-order chi connectivity index (χ1) is 31.2. The molecule has 1 N–H and O–H groups in total. The van der Waals surface area contributed by atoms with Crippen LogP contribution in [0, 0.1) is 0 Å². The van der Waals surface area contributed by atoms with Crippen molar-refractivity contribution < 1.29 is 43.2 Å². The van der Waals surface area contributed by atoms with Gasteiger partial charge in [0.1, 0.15) is 0 Å². The highest BCUT2D eigenvalue weighted by Crippen LogP contribution is 2.14. The molecule has 0 aromatic heterocycles. The summed E-state index contributed by atoms with van der Waals surface area (Å²) in [6.45, 7) is 29.6. The Hall–Kier alpha value is -3.20. The van der Waals surface area contributed by atoms with Gasteiger partial charge in [0, 0.05) is 28.9 Å². The predicted molar refractivity (Wildman–Crippen MR) is 275 cm³/mol. The van der Waals surface area contributed by atoms with Crippen LogP contribution in [0.4, 0.5) is 0 Å². The van der Waals surface area contributed by atoms with Crippen LogP contribution in [0.25, 0.3) is 0 Å². The Morgan fingerprint density at radius 2 is 0.446 bits per heavy atom. The fourth-order valence-corrected chi connectivity index (χ4v) is 6.13. The van der Waals surface area contributed by atoms with E-state index >= 15 is 0 Å². The third kappa shape index (κ3) is 62.9. The van der Waals surface area contributed by atoms with E-state index in [0.717, 1.165) is 32.1 Å². The van der Waals surface area contributed by atoms with Crippen molar-refractivity contribution in [1.29, 1.82) is 0 Å². The third-order valence-corrected chi connectivity index (χ3v) is 10.4. The van der Waals surface area contributed by atoms with Crippen molar-refractivity contribution in [2.45, 2.75) is 254 Å². The first kappa shape index (κ1) is 68.4. The molecule has 0 saturated heterocycles. The van der Waals surface area contributed by atoms with E-state index in [9.17, 15) is 19.2 Å². The van der Waals surface area contributed by atoms with Crippen molar-refractivity contribution >= 4 is 23.9 Å². The number of aliphatic hydroxyl groups is 1. The van der Waals surface area contributed by atoms with Gasteiger partial charge in [-0.1, -0.05) is 220 Å². The van der Waals surface area contributed by atoms with E-state index in [4.69, 9.17) is 24.1 Å². The quantitative estimate of drug-likeness (QED) is 0.0276. The SMILES string of the molecule is C=C(C)C(=O)OCCCCCCCCC.C=C(C)C(=O)OCCCCCCCCCCC.C=C(C)C(=O)OCCCCCCCCCCCCCCCC.C=C(C)C(=O)OCCCCO. The maximum atomic E-state index is 11.2. The standard InChI is InChI=1S/C20H38O2.C15H28O2.C13H24O2.C8H14O3/c1-4-5-6-7-8-9-10-11-12-13-14-15-16-17-18-22-20(21)19(2)3;1-4-5-6-7-8-9-10-11-12-13-17-15(16)14(2)3;1-4-5-6-7-8-9-10-11-15-13(14)12(2)3;1-7(2)8(10)11-6-4-3-5-9/h2,4-18H2,1,3H3;2,4-13H2,1,3H3;2,4-11H2,1,3H3;9H,1,3-6H2,2H3. The number of hydrogen-bond acceptors (Lipinski definition) is 9. The molecular weight excluding hydrogens is 817 g/mol. The Labute approximate surface area is 401 Å². The highest BCUT2D eigenvalue weighted by molar-refractivity contribution is 5.88. The Morgan fingerprint density at radius 3 is 0.600 bits per heavy atom. The van der Waals surface area contributed by atoms with Crippen LogP contribution in [-0.2, 0) is 38.1 Å². The summed E-state index contributed by atoms with van der Waals surface area (Å²) in [7, 11) is 0. The van der Waals surface area contributed by atoms with Gasteiger partial charge in [-0.15, -0.1) is 0 Å². The number of carbonyl (C=O) groups excluding carboxylic acids is 4. The molecule has 0 amide bonds. The second-order valence-electron chi connectivity index (χ2n) is 17.6. The van der Waals surface area contributed by atoms with Crippen molar-refractivity contribution in [3.8, 4) is 0 Å². The summed E-state index contributed by atoms with van der Waals surface area (Å²) in [5.41, 5.74) is 1.87. The molecule has 0 aliphatic heterocycles. The van der Waals surface area contributed by atoms with Gasteiger partial charge in [-0.3, -0.25) is 0 Å². The Balaban J connectivity index is -0.000000393. The summed E-state index contributed by atoms with van der Waals surface area (Å²) >= 11 is 0. The number of rotatable bonds is 41. The molecule has 382 valence electrons. The highest BCUT2D eigenvalue weighted by Gasteiger charge is 2.04. The number of carbonyl (C=O) groups is 4. The lowest BCUT2D eigenvalue weighted by Gasteiger charge is -2.04. The van der Waals surface area contributed by atoms with Gasteiger partial charge in [-0.2, -0.15) is 0 Å². The van der Waals surface area contributed by atoms with Crippen molar-refractivity contribution in [2.24, 2.45) is 0 Å². The largest absolute Gasteiger partial charge is 0.462 e. The van der Waals surface area contributed by atoms with Gasteiger partial charge < -0.3 is 24.1 Å². The molecule has 65 heavy (non-hydrogen) atoms. The molecule has 0 radical (unpaired) electrons. The molecule has 0 heterocycles. The molecule has 0 unspecified atom stereocenters. The summed E-state index contributed by atoms with van der Waals surface area (Å²) in [4.78, 5) is 43.9. The minimum Gasteiger partial charge on any atom is -0.462 e. The van der Waals surface area contributed by atoms with Crippen molar-refractivity contribution in [3.05, 3.63) is 48.6 Å². The number of aliphatic hydroxyl groups excluding tert-OH is 1. The lowest BCUT2D eigenvalue weighted by molar-refractivity contribution is -0.139. The second kappa shape index (κ2) is 56.9. The maximum absolute atomic E-state index is 11.2.